The van der Waals surface area contributed by atoms with Crippen molar-refractivity contribution in [2.45, 2.75) is 6.92 Å². The molecule has 0 aliphatic carbocycles. The van der Waals surface area contributed by atoms with Gasteiger partial charge in [0.05, 0.1) is 37.1 Å². The van der Waals surface area contributed by atoms with Crippen molar-refractivity contribution in [1.29, 1.82) is 0 Å². The largest absolute Gasteiger partial charge is 0.496 e. The smallest absolute Gasteiger partial charge is 0.222 e. The monoisotopic (exact) mass is 285 g/mol. The molecule has 0 bridgehead atoms. The summed E-state index contributed by atoms with van der Waals surface area (Å²) in [5.41, 5.74) is 8.73. The highest BCUT2D eigenvalue weighted by Crippen LogP contribution is 2.41. The highest BCUT2D eigenvalue weighted by molar-refractivity contribution is 5.94. The van der Waals surface area contributed by atoms with Crippen LogP contribution in [0.4, 0.5) is 5.95 Å². The molecule has 2 heterocycles. The standard InChI is InChI=1S/C14H15N5O2/c1-7-4-9(20-2)11(10(5-7)21-3)12-8-6-16-19-13(8)18-14(15)17-12/h4-6H,1-3H3,(H3,15,16,17,18,19). The first-order valence-corrected chi connectivity index (χ1v) is 6.33. The maximum absolute atomic E-state index is 5.78. The molecule has 108 valence electrons. The van der Waals surface area contributed by atoms with Gasteiger partial charge in [-0.25, -0.2) is 4.98 Å². The number of methoxy groups -OCH3 is 2. The molecular formula is C14H15N5O2. The van der Waals surface area contributed by atoms with E-state index in [-0.39, 0.29) is 5.95 Å². The Morgan fingerprint density at radius 3 is 2.38 bits per heavy atom. The number of nitrogen functional groups attached to an aromatic ring is 1. The fourth-order valence-electron chi connectivity index (χ4n) is 2.32. The average Bonchev–Trinajstić information content (AvgIpc) is 2.93. The normalized spacial score (nSPS) is 10.8. The molecule has 0 fully saturated rings. The van der Waals surface area contributed by atoms with Gasteiger partial charge < -0.3 is 15.2 Å². The number of benzene rings is 1. The highest BCUT2D eigenvalue weighted by atomic mass is 16.5. The summed E-state index contributed by atoms with van der Waals surface area (Å²) < 4.78 is 11.0. The van der Waals surface area contributed by atoms with Gasteiger partial charge >= 0.3 is 0 Å². The Labute approximate surface area is 121 Å². The van der Waals surface area contributed by atoms with E-state index in [9.17, 15) is 0 Å². The van der Waals surface area contributed by atoms with Gasteiger partial charge in [0.1, 0.15) is 11.5 Å². The Balaban J connectivity index is 2.39. The van der Waals surface area contributed by atoms with Crippen molar-refractivity contribution in [3.8, 4) is 22.8 Å². The van der Waals surface area contributed by atoms with Crippen molar-refractivity contribution in [3.05, 3.63) is 23.9 Å². The molecule has 0 spiro atoms. The van der Waals surface area contributed by atoms with E-state index < -0.39 is 0 Å². The number of hydrogen-bond donors (Lipinski definition) is 2. The van der Waals surface area contributed by atoms with E-state index in [4.69, 9.17) is 15.2 Å². The molecule has 7 nitrogen and oxygen atoms in total. The number of aromatic nitrogens is 4. The fraction of sp³-hybridized carbons (Fsp3) is 0.214. The van der Waals surface area contributed by atoms with Crippen molar-refractivity contribution >= 4 is 17.0 Å². The van der Waals surface area contributed by atoms with Gasteiger partial charge in [0.25, 0.3) is 0 Å². The van der Waals surface area contributed by atoms with Crippen molar-refractivity contribution in [2.24, 2.45) is 0 Å². The number of nitrogens with one attached hydrogen (secondary N) is 1. The van der Waals surface area contributed by atoms with Crippen LogP contribution in [-0.2, 0) is 0 Å². The van der Waals surface area contributed by atoms with Crippen LogP contribution >= 0.6 is 0 Å². The number of ether oxygens (including phenoxy) is 2. The third-order valence-corrected chi connectivity index (χ3v) is 3.21. The minimum absolute atomic E-state index is 0.159. The van der Waals surface area contributed by atoms with Crippen LogP contribution in [0.25, 0.3) is 22.3 Å². The van der Waals surface area contributed by atoms with Crippen LogP contribution in [0.1, 0.15) is 5.56 Å². The van der Waals surface area contributed by atoms with E-state index >= 15 is 0 Å². The summed E-state index contributed by atoms with van der Waals surface area (Å²) in [6.07, 6.45) is 1.66. The van der Waals surface area contributed by atoms with Crippen LogP contribution in [0.3, 0.4) is 0 Å². The van der Waals surface area contributed by atoms with Crippen LogP contribution in [0.5, 0.6) is 11.5 Å². The molecule has 0 unspecified atom stereocenters. The van der Waals surface area contributed by atoms with Gasteiger partial charge in [-0.2, -0.15) is 10.1 Å². The lowest BCUT2D eigenvalue weighted by molar-refractivity contribution is 0.396. The molecule has 0 atom stereocenters. The van der Waals surface area contributed by atoms with Gasteiger partial charge in [0, 0.05) is 0 Å². The Morgan fingerprint density at radius 2 is 1.76 bits per heavy atom. The average molecular weight is 285 g/mol. The third-order valence-electron chi connectivity index (χ3n) is 3.21. The Hall–Kier alpha value is -2.83. The van der Waals surface area contributed by atoms with Gasteiger partial charge in [0.2, 0.25) is 5.95 Å². The molecule has 3 rings (SSSR count). The van der Waals surface area contributed by atoms with Crippen LogP contribution in [0, 0.1) is 6.92 Å². The number of anilines is 1. The van der Waals surface area contributed by atoms with Gasteiger partial charge in [-0.05, 0) is 24.6 Å². The molecule has 7 heteroatoms. The molecule has 1 aromatic carbocycles. The predicted octanol–water partition coefficient (Wildman–Crippen LogP) is 1.93. The van der Waals surface area contributed by atoms with Gasteiger partial charge in [0.15, 0.2) is 5.65 Å². The topological polar surface area (TPSA) is 98.9 Å². The SMILES string of the molecule is COc1cc(C)cc(OC)c1-c1nc(N)nc2[nH]ncc12. The summed E-state index contributed by atoms with van der Waals surface area (Å²) in [4.78, 5) is 8.45. The first-order chi connectivity index (χ1) is 10.1. The molecule has 0 aliphatic rings. The van der Waals surface area contributed by atoms with E-state index in [0.29, 0.717) is 22.8 Å². The molecular weight excluding hydrogens is 270 g/mol. The summed E-state index contributed by atoms with van der Waals surface area (Å²) in [6.45, 7) is 1.97. The molecule has 0 saturated carbocycles. The lowest BCUT2D eigenvalue weighted by atomic mass is 10.0. The molecule has 0 saturated heterocycles. The molecule has 3 N–H and O–H groups in total. The Bertz CT molecular complexity index is 787. The minimum Gasteiger partial charge on any atom is -0.496 e. The van der Waals surface area contributed by atoms with Crippen molar-refractivity contribution in [2.75, 3.05) is 20.0 Å². The third kappa shape index (κ3) is 2.12. The highest BCUT2D eigenvalue weighted by Gasteiger charge is 2.19. The lowest BCUT2D eigenvalue weighted by Gasteiger charge is -2.14. The number of hydrogen-bond acceptors (Lipinski definition) is 6. The number of H-pyrrole nitrogens is 1. The summed E-state index contributed by atoms with van der Waals surface area (Å²) in [5.74, 6) is 1.48. The predicted molar refractivity (Wildman–Crippen MR) is 79.4 cm³/mol. The van der Waals surface area contributed by atoms with Crippen LogP contribution in [0.15, 0.2) is 18.3 Å². The minimum atomic E-state index is 0.159. The second-order valence-electron chi connectivity index (χ2n) is 4.61. The molecule has 0 amide bonds. The van der Waals surface area contributed by atoms with E-state index in [1.165, 1.54) is 0 Å². The van der Waals surface area contributed by atoms with Gasteiger partial charge in [-0.15, -0.1) is 0 Å². The summed E-state index contributed by atoms with van der Waals surface area (Å²) in [5, 5.41) is 7.54. The van der Waals surface area contributed by atoms with Crippen molar-refractivity contribution in [3.63, 3.8) is 0 Å². The summed E-state index contributed by atoms with van der Waals surface area (Å²) in [7, 11) is 3.21. The maximum atomic E-state index is 5.78. The zero-order chi connectivity index (χ0) is 15.0. The van der Waals surface area contributed by atoms with Crippen LogP contribution < -0.4 is 15.2 Å². The summed E-state index contributed by atoms with van der Waals surface area (Å²) in [6, 6.07) is 3.84. The van der Waals surface area contributed by atoms with Crippen LogP contribution in [0.2, 0.25) is 0 Å². The van der Waals surface area contributed by atoms with E-state index in [2.05, 4.69) is 20.2 Å². The van der Waals surface area contributed by atoms with E-state index in [1.54, 1.807) is 20.4 Å². The van der Waals surface area contributed by atoms with E-state index in [0.717, 1.165) is 16.5 Å². The number of nitrogens with zero attached hydrogens (tertiary/aromatic N) is 3. The lowest BCUT2D eigenvalue weighted by Crippen LogP contribution is -2.00. The summed E-state index contributed by atoms with van der Waals surface area (Å²) >= 11 is 0. The number of nitrogens with two attached hydrogens (primary N) is 1. The maximum Gasteiger partial charge on any atom is 0.222 e. The molecule has 21 heavy (non-hydrogen) atoms. The second kappa shape index (κ2) is 4.93. The molecule has 0 aliphatic heterocycles. The van der Waals surface area contributed by atoms with Crippen molar-refractivity contribution in [1.82, 2.24) is 20.2 Å². The zero-order valence-corrected chi connectivity index (χ0v) is 12.0. The zero-order valence-electron chi connectivity index (χ0n) is 12.0. The van der Waals surface area contributed by atoms with E-state index in [1.807, 2.05) is 19.1 Å². The number of aryl methyl sites for hydroxylation is 1. The molecule has 0 radical (unpaired) electrons. The van der Waals surface area contributed by atoms with Crippen LogP contribution in [-0.4, -0.2) is 34.4 Å². The Morgan fingerprint density at radius 1 is 1.10 bits per heavy atom. The molecule has 3 aromatic rings. The van der Waals surface area contributed by atoms with Crippen molar-refractivity contribution < 1.29 is 9.47 Å². The number of fused-ring (bicyclic) bond motifs is 1. The fourth-order valence-corrected chi connectivity index (χ4v) is 2.32. The van der Waals surface area contributed by atoms with Gasteiger partial charge in [-0.3, -0.25) is 5.10 Å². The first-order valence-electron chi connectivity index (χ1n) is 6.33. The first kappa shape index (κ1) is 13.2. The van der Waals surface area contributed by atoms with Gasteiger partial charge in [-0.1, -0.05) is 0 Å². The quantitative estimate of drug-likeness (QED) is 0.762. The molecule has 2 aromatic heterocycles. The number of rotatable bonds is 3. The Kier molecular flexibility index (Phi) is 3.09. The second-order valence-corrected chi connectivity index (χ2v) is 4.61. The number of aromatic amines is 1.